The molecule has 0 spiro atoms. The van der Waals surface area contributed by atoms with Crippen molar-refractivity contribution in [3.63, 3.8) is 0 Å². The molecule has 0 fully saturated rings. The first kappa shape index (κ1) is 17.7. The maximum Gasteiger partial charge on any atom is 0.411 e. The second-order valence-electron chi connectivity index (χ2n) is 6.10. The highest BCUT2D eigenvalue weighted by molar-refractivity contribution is 5.86. The lowest BCUT2D eigenvalue weighted by Crippen LogP contribution is -2.17. The molecule has 0 aromatic heterocycles. The maximum absolute atomic E-state index is 11.7. The molecule has 0 heterocycles. The first-order chi connectivity index (χ1) is 11.5. The van der Waals surface area contributed by atoms with Gasteiger partial charge in [0.25, 0.3) is 0 Å². The molecule has 1 amide bonds. The smallest absolute Gasteiger partial charge is 0.411 e. The van der Waals surface area contributed by atoms with Crippen LogP contribution in [0, 0.1) is 19.8 Å². The fourth-order valence-electron chi connectivity index (χ4n) is 2.03. The average Bonchev–Trinajstić information content (AvgIpc) is 2.54. The van der Waals surface area contributed by atoms with Crippen molar-refractivity contribution in [3.8, 4) is 0 Å². The van der Waals surface area contributed by atoms with Gasteiger partial charge in [-0.1, -0.05) is 32.0 Å². The van der Waals surface area contributed by atoms with Gasteiger partial charge in [-0.3, -0.25) is 5.32 Å². The van der Waals surface area contributed by atoms with Crippen molar-refractivity contribution >= 4 is 23.2 Å². The summed E-state index contributed by atoms with van der Waals surface area (Å²) in [6.45, 7) is 8.29. The molecular weight excluding hydrogens is 302 g/mol. The number of azo groups is 1. The van der Waals surface area contributed by atoms with E-state index in [4.69, 9.17) is 4.74 Å². The Morgan fingerprint density at radius 3 is 2.50 bits per heavy atom. The molecule has 0 saturated heterocycles. The van der Waals surface area contributed by atoms with Gasteiger partial charge in [-0.05, 0) is 55.2 Å². The molecule has 1 N–H and O–H groups in total. The third-order valence-electron chi connectivity index (χ3n) is 3.38. The predicted molar refractivity (Wildman–Crippen MR) is 96.3 cm³/mol. The lowest BCUT2D eigenvalue weighted by Gasteiger charge is -2.10. The normalized spacial score (nSPS) is 11.0. The van der Waals surface area contributed by atoms with Crippen LogP contribution < -0.4 is 5.32 Å². The zero-order chi connectivity index (χ0) is 17.5. The summed E-state index contributed by atoms with van der Waals surface area (Å²) in [5.41, 5.74) is 4.26. The molecular formula is C19H23N3O2. The van der Waals surface area contributed by atoms with E-state index in [0.717, 1.165) is 22.5 Å². The molecule has 0 unspecified atom stereocenters. The number of anilines is 1. The van der Waals surface area contributed by atoms with Gasteiger partial charge in [-0.2, -0.15) is 10.2 Å². The highest BCUT2D eigenvalue weighted by atomic mass is 16.5. The zero-order valence-corrected chi connectivity index (χ0v) is 14.5. The lowest BCUT2D eigenvalue weighted by molar-refractivity contribution is 0.147. The van der Waals surface area contributed by atoms with Crippen molar-refractivity contribution in [1.29, 1.82) is 0 Å². The summed E-state index contributed by atoms with van der Waals surface area (Å²) in [4.78, 5) is 11.7. The third-order valence-corrected chi connectivity index (χ3v) is 3.38. The molecule has 126 valence electrons. The SMILES string of the molecule is Cc1ccccc1N=Nc1ccc(NC(=O)OCC(C)C)c(C)c1. The van der Waals surface area contributed by atoms with Gasteiger partial charge in [0.1, 0.15) is 0 Å². The Bertz CT molecular complexity index is 739. The molecule has 0 aliphatic heterocycles. The average molecular weight is 325 g/mol. The van der Waals surface area contributed by atoms with Crippen LogP contribution in [0.3, 0.4) is 0 Å². The fourth-order valence-corrected chi connectivity index (χ4v) is 2.03. The third kappa shape index (κ3) is 5.19. The Morgan fingerprint density at radius 1 is 1.08 bits per heavy atom. The summed E-state index contributed by atoms with van der Waals surface area (Å²) in [5.74, 6) is 0.307. The van der Waals surface area contributed by atoms with Crippen LogP contribution in [0.5, 0.6) is 0 Å². The molecule has 0 bridgehead atoms. The number of carbonyl (C=O) groups is 1. The minimum Gasteiger partial charge on any atom is -0.449 e. The molecule has 2 rings (SSSR count). The van der Waals surface area contributed by atoms with Gasteiger partial charge in [0.15, 0.2) is 0 Å². The number of nitrogens with zero attached hydrogens (tertiary/aromatic N) is 2. The van der Waals surface area contributed by atoms with E-state index in [9.17, 15) is 4.79 Å². The Labute approximate surface area is 142 Å². The van der Waals surface area contributed by atoms with E-state index >= 15 is 0 Å². The molecule has 0 aliphatic rings. The summed E-state index contributed by atoms with van der Waals surface area (Å²) in [6.07, 6.45) is -0.443. The van der Waals surface area contributed by atoms with Crippen LogP contribution in [0.25, 0.3) is 0 Å². The van der Waals surface area contributed by atoms with E-state index in [2.05, 4.69) is 15.5 Å². The molecule has 0 aliphatic carbocycles. The largest absolute Gasteiger partial charge is 0.449 e. The summed E-state index contributed by atoms with van der Waals surface area (Å²) in [5, 5.41) is 11.3. The first-order valence-corrected chi connectivity index (χ1v) is 7.97. The van der Waals surface area contributed by atoms with Gasteiger partial charge in [-0.15, -0.1) is 0 Å². The number of amides is 1. The molecule has 5 nitrogen and oxygen atoms in total. The second-order valence-corrected chi connectivity index (χ2v) is 6.10. The first-order valence-electron chi connectivity index (χ1n) is 7.97. The van der Waals surface area contributed by atoms with Crippen LogP contribution >= 0.6 is 0 Å². The Hall–Kier alpha value is -2.69. The minimum atomic E-state index is -0.443. The maximum atomic E-state index is 11.7. The monoisotopic (exact) mass is 325 g/mol. The van der Waals surface area contributed by atoms with Gasteiger partial charge < -0.3 is 4.74 Å². The number of nitrogens with one attached hydrogen (secondary N) is 1. The van der Waals surface area contributed by atoms with E-state index in [1.807, 2.05) is 64.1 Å². The Balaban J connectivity index is 2.04. The van der Waals surface area contributed by atoms with Crippen LogP contribution in [-0.4, -0.2) is 12.7 Å². The molecule has 0 atom stereocenters. The number of hydrogen-bond donors (Lipinski definition) is 1. The quantitative estimate of drug-likeness (QED) is 0.693. The lowest BCUT2D eigenvalue weighted by atomic mass is 10.2. The molecule has 2 aromatic rings. The van der Waals surface area contributed by atoms with Crippen molar-refractivity contribution < 1.29 is 9.53 Å². The highest BCUT2D eigenvalue weighted by Gasteiger charge is 2.07. The van der Waals surface area contributed by atoms with Crippen molar-refractivity contribution in [2.24, 2.45) is 16.1 Å². The van der Waals surface area contributed by atoms with Gasteiger partial charge in [0, 0.05) is 5.69 Å². The van der Waals surface area contributed by atoms with Crippen LogP contribution in [0.2, 0.25) is 0 Å². The number of rotatable bonds is 5. The number of ether oxygens (including phenoxy) is 1. The van der Waals surface area contributed by atoms with Crippen molar-refractivity contribution in [1.82, 2.24) is 0 Å². The number of benzene rings is 2. The molecule has 24 heavy (non-hydrogen) atoms. The van der Waals surface area contributed by atoms with Crippen molar-refractivity contribution in [3.05, 3.63) is 53.6 Å². The van der Waals surface area contributed by atoms with E-state index in [1.54, 1.807) is 6.07 Å². The van der Waals surface area contributed by atoms with E-state index in [0.29, 0.717) is 18.2 Å². The van der Waals surface area contributed by atoms with Gasteiger partial charge in [0.2, 0.25) is 0 Å². The fraction of sp³-hybridized carbons (Fsp3) is 0.316. The minimum absolute atomic E-state index is 0.307. The van der Waals surface area contributed by atoms with Crippen LogP contribution in [0.15, 0.2) is 52.7 Å². The summed E-state index contributed by atoms with van der Waals surface area (Å²) in [7, 11) is 0. The predicted octanol–water partition coefficient (Wildman–Crippen LogP) is 5.92. The second kappa shape index (κ2) is 8.24. The number of carbonyl (C=O) groups excluding carboxylic acids is 1. The Morgan fingerprint density at radius 2 is 1.83 bits per heavy atom. The van der Waals surface area contributed by atoms with E-state index < -0.39 is 6.09 Å². The Kier molecular flexibility index (Phi) is 6.07. The molecule has 2 aromatic carbocycles. The van der Waals surface area contributed by atoms with Crippen molar-refractivity contribution in [2.45, 2.75) is 27.7 Å². The van der Waals surface area contributed by atoms with Gasteiger partial charge >= 0.3 is 6.09 Å². The van der Waals surface area contributed by atoms with Gasteiger partial charge in [-0.25, -0.2) is 4.79 Å². The summed E-state index contributed by atoms with van der Waals surface area (Å²) in [6, 6.07) is 13.3. The summed E-state index contributed by atoms with van der Waals surface area (Å²) < 4.78 is 5.12. The van der Waals surface area contributed by atoms with Gasteiger partial charge in [0.05, 0.1) is 18.0 Å². The zero-order valence-electron chi connectivity index (χ0n) is 14.5. The number of hydrogen-bond acceptors (Lipinski definition) is 4. The van der Waals surface area contributed by atoms with Crippen LogP contribution in [0.4, 0.5) is 21.9 Å². The van der Waals surface area contributed by atoms with E-state index in [-0.39, 0.29) is 0 Å². The molecule has 5 heteroatoms. The number of aryl methyl sites for hydroxylation is 2. The molecule has 0 radical (unpaired) electrons. The van der Waals surface area contributed by atoms with Crippen LogP contribution in [0.1, 0.15) is 25.0 Å². The standard InChI is InChI=1S/C19H23N3O2/c1-13(2)12-24-19(23)20-17-10-9-16(11-15(17)4)21-22-18-8-6-5-7-14(18)3/h5-11,13H,12H2,1-4H3,(H,20,23). The highest BCUT2D eigenvalue weighted by Crippen LogP contribution is 2.25. The molecule has 0 saturated carbocycles. The summed E-state index contributed by atoms with van der Waals surface area (Å²) >= 11 is 0. The van der Waals surface area contributed by atoms with Crippen molar-refractivity contribution in [2.75, 3.05) is 11.9 Å². The topological polar surface area (TPSA) is 63.0 Å². The van der Waals surface area contributed by atoms with E-state index in [1.165, 1.54) is 0 Å². The van der Waals surface area contributed by atoms with Crippen LogP contribution in [-0.2, 0) is 4.74 Å².